The molecule has 0 spiro atoms. The van der Waals surface area contributed by atoms with E-state index in [0.717, 1.165) is 18.7 Å². The van der Waals surface area contributed by atoms with Crippen molar-refractivity contribution in [3.05, 3.63) is 70.8 Å². The molecule has 1 aliphatic heterocycles. The Morgan fingerprint density at radius 2 is 1.82 bits per heavy atom. The number of aromatic nitrogens is 2. The van der Waals surface area contributed by atoms with Gasteiger partial charge in [-0.2, -0.15) is 11.8 Å². The first-order valence-electron chi connectivity index (χ1n) is 9.33. The van der Waals surface area contributed by atoms with E-state index in [0.29, 0.717) is 17.4 Å². The fourth-order valence-corrected chi connectivity index (χ4v) is 4.18. The van der Waals surface area contributed by atoms with Gasteiger partial charge >= 0.3 is 0 Å². The lowest BCUT2D eigenvalue weighted by atomic mass is 10.2. The minimum Gasteiger partial charge on any atom is -0.370 e. The maximum Gasteiger partial charge on any atom is 0.261 e. The lowest BCUT2D eigenvalue weighted by Crippen LogP contribution is -2.32. The molecular formula is C21H22N4O2S. The minimum absolute atomic E-state index is 0.0415. The van der Waals surface area contributed by atoms with Crippen molar-refractivity contribution < 1.29 is 4.79 Å². The number of hydrogen-bond donors (Lipinski definition) is 1. The van der Waals surface area contributed by atoms with Gasteiger partial charge in [0, 0.05) is 36.8 Å². The first-order chi connectivity index (χ1) is 13.7. The molecule has 2 aromatic carbocycles. The third-order valence-corrected chi connectivity index (χ3v) is 5.79. The van der Waals surface area contributed by atoms with E-state index in [1.807, 2.05) is 30.0 Å². The van der Waals surface area contributed by atoms with Gasteiger partial charge in [0.1, 0.15) is 6.54 Å². The lowest BCUT2D eigenvalue weighted by molar-refractivity contribution is -0.121. The highest BCUT2D eigenvalue weighted by Crippen LogP contribution is 2.19. The third-order valence-electron chi connectivity index (χ3n) is 4.85. The zero-order chi connectivity index (χ0) is 19.3. The molecule has 0 saturated carbocycles. The second-order valence-corrected chi connectivity index (χ2v) is 7.96. The van der Waals surface area contributed by atoms with E-state index < -0.39 is 0 Å². The molecule has 0 aliphatic carbocycles. The summed E-state index contributed by atoms with van der Waals surface area (Å²) in [6.45, 7) is 2.55. The lowest BCUT2D eigenvalue weighted by Gasteiger charge is -2.28. The van der Waals surface area contributed by atoms with Crippen molar-refractivity contribution in [1.82, 2.24) is 14.9 Å². The van der Waals surface area contributed by atoms with Crippen molar-refractivity contribution in [2.75, 3.05) is 29.5 Å². The van der Waals surface area contributed by atoms with Gasteiger partial charge in [-0.05, 0) is 29.8 Å². The van der Waals surface area contributed by atoms with Crippen LogP contribution in [0, 0.1) is 0 Å². The van der Waals surface area contributed by atoms with Crippen LogP contribution >= 0.6 is 11.8 Å². The van der Waals surface area contributed by atoms with Crippen LogP contribution < -0.4 is 15.8 Å². The number of carbonyl (C=O) groups excluding carboxylic acids is 1. The number of nitrogens with one attached hydrogen (secondary N) is 1. The summed E-state index contributed by atoms with van der Waals surface area (Å²) in [6, 6.07) is 15.4. The van der Waals surface area contributed by atoms with Crippen LogP contribution in [0.3, 0.4) is 0 Å². The van der Waals surface area contributed by atoms with Crippen LogP contribution in [0.4, 0.5) is 5.69 Å². The van der Waals surface area contributed by atoms with Gasteiger partial charge in [0.25, 0.3) is 5.56 Å². The molecule has 0 unspecified atom stereocenters. The normalized spacial score (nSPS) is 14.2. The molecule has 6 nitrogen and oxygen atoms in total. The number of anilines is 1. The van der Waals surface area contributed by atoms with Crippen LogP contribution in [0.2, 0.25) is 0 Å². The Hall–Kier alpha value is -2.80. The highest BCUT2D eigenvalue weighted by Gasteiger charge is 2.11. The molecule has 0 bridgehead atoms. The van der Waals surface area contributed by atoms with Gasteiger partial charge in [0.15, 0.2) is 0 Å². The molecular weight excluding hydrogens is 372 g/mol. The number of rotatable bonds is 5. The summed E-state index contributed by atoms with van der Waals surface area (Å²) in [5.41, 5.74) is 2.69. The van der Waals surface area contributed by atoms with E-state index in [1.165, 1.54) is 28.1 Å². The van der Waals surface area contributed by atoms with Gasteiger partial charge in [0.05, 0.1) is 17.2 Å². The number of hydrogen-bond acceptors (Lipinski definition) is 5. The Morgan fingerprint density at radius 1 is 1.07 bits per heavy atom. The Kier molecular flexibility index (Phi) is 5.62. The molecule has 144 valence electrons. The molecule has 28 heavy (non-hydrogen) atoms. The molecule has 0 atom stereocenters. The van der Waals surface area contributed by atoms with Gasteiger partial charge < -0.3 is 10.2 Å². The van der Waals surface area contributed by atoms with Crippen LogP contribution in [0.1, 0.15) is 5.56 Å². The second-order valence-electron chi connectivity index (χ2n) is 6.74. The molecule has 1 fully saturated rings. The molecule has 2 heterocycles. The Labute approximate surface area is 167 Å². The van der Waals surface area contributed by atoms with Gasteiger partial charge in [0.2, 0.25) is 5.91 Å². The van der Waals surface area contributed by atoms with E-state index in [2.05, 4.69) is 27.3 Å². The van der Waals surface area contributed by atoms with E-state index in [-0.39, 0.29) is 18.0 Å². The second kappa shape index (κ2) is 8.48. The number of benzene rings is 2. The SMILES string of the molecule is O=C(Cn1cnc2ccccc2c1=O)NCc1ccc(N2CCSCC2)cc1. The molecule has 1 amide bonds. The molecule has 0 radical (unpaired) electrons. The highest BCUT2D eigenvalue weighted by atomic mass is 32.2. The number of para-hydroxylation sites is 1. The van der Waals surface area contributed by atoms with Gasteiger partial charge in [-0.25, -0.2) is 4.98 Å². The van der Waals surface area contributed by atoms with Gasteiger partial charge in [-0.1, -0.05) is 24.3 Å². The van der Waals surface area contributed by atoms with Crippen LogP contribution in [-0.4, -0.2) is 40.1 Å². The summed E-state index contributed by atoms with van der Waals surface area (Å²) in [4.78, 5) is 31.4. The van der Waals surface area contributed by atoms with E-state index >= 15 is 0 Å². The zero-order valence-electron chi connectivity index (χ0n) is 15.5. The van der Waals surface area contributed by atoms with Crippen LogP contribution in [-0.2, 0) is 17.9 Å². The molecule has 3 aromatic rings. The van der Waals surface area contributed by atoms with Crippen molar-refractivity contribution in [2.24, 2.45) is 0 Å². The summed E-state index contributed by atoms with van der Waals surface area (Å²) in [5, 5.41) is 3.40. The highest BCUT2D eigenvalue weighted by molar-refractivity contribution is 7.99. The smallest absolute Gasteiger partial charge is 0.261 e. The molecule has 1 N–H and O–H groups in total. The average molecular weight is 395 g/mol. The number of amides is 1. The quantitative estimate of drug-likeness (QED) is 0.719. The summed E-state index contributed by atoms with van der Waals surface area (Å²) in [5.74, 6) is 2.12. The number of fused-ring (bicyclic) bond motifs is 1. The zero-order valence-corrected chi connectivity index (χ0v) is 16.3. The van der Waals surface area contributed by atoms with Crippen molar-refractivity contribution in [3.63, 3.8) is 0 Å². The monoisotopic (exact) mass is 394 g/mol. The van der Waals surface area contributed by atoms with Crippen molar-refractivity contribution in [1.29, 1.82) is 0 Å². The molecule has 4 rings (SSSR count). The van der Waals surface area contributed by atoms with E-state index in [1.54, 1.807) is 18.2 Å². The van der Waals surface area contributed by atoms with Crippen molar-refractivity contribution >= 4 is 34.3 Å². The number of nitrogens with zero attached hydrogens (tertiary/aromatic N) is 3. The fraction of sp³-hybridized carbons (Fsp3) is 0.286. The maximum absolute atomic E-state index is 12.5. The van der Waals surface area contributed by atoms with E-state index in [9.17, 15) is 9.59 Å². The number of carbonyl (C=O) groups is 1. The Bertz CT molecular complexity index is 1030. The van der Waals surface area contributed by atoms with Crippen LogP contribution in [0.5, 0.6) is 0 Å². The Morgan fingerprint density at radius 3 is 2.61 bits per heavy atom. The number of thioether (sulfide) groups is 1. The predicted octanol–water partition coefficient (Wildman–Crippen LogP) is 2.27. The topological polar surface area (TPSA) is 67.2 Å². The summed E-state index contributed by atoms with van der Waals surface area (Å²) >= 11 is 1.99. The van der Waals surface area contributed by atoms with Gasteiger partial charge in [-0.15, -0.1) is 0 Å². The summed E-state index contributed by atoms with van der Waals surface area (Å²) < 4.78 is 1.34. The van der Waals surface area contributed by atoms with E-state index in [4.69, 9.17) is 0 Å². The van der Waals surface area contributed by atoms with Crippen LogP contribution in [0.25, 0.3) is 10.9 Å². The minimum atomic E-state index is -0.212. The molecule has 7 heteroatoms. The summed E-state index contributed by atoms with van der Waals surface area (Å²) in [7, 11) is 0. The standard InChI is InChI=1S/C21H22N4O2S/c26-20(14-25-15-23-19-4-2-1-3-18(19)21(25)27)22-13-16-5-7-17(8-6-16)24-9-11-28-12-10-24/h1-8,15H,9-14H2,(H,22,26). The predicted molar refractivity (Wildman–Crippen MR) is 114 cm³/mol. The molecule has 1 aromatic heterocycles. The largest absolute Gasteiger partial charge is 0.370 e. The molecule has 1 saturated heterocycles. The third kappa shape index (κ3) is 4.20. The first kappa shape index (κ1) is 18.6. The maximum atomic E-state index is 12.5. The first-order valence-corrected chi connectivity index (χ1v) is 10.5. The van der Waals surface area contributed by atoms with Crippen molar-refractivity contribution in [2.45, 2.75) is 13.1 Å². The van der Waals surface area contributed by atoms with Gasteiger partial charge in [-0.3, -0.25) is 14.2 Å². The summed E-state index contributed by atoms with van der Waals surface area (Å²) in [6.07, 6.45) is 1.43. The average Bonchev–Trinajstić information content (AvgIpc) is 2.75. The van der Waals surface area contributed by atoms with Crippen LogP contribution in [0.15, 0.2) is 59.7 Å². The molecule has 1 aliphatic rings. The Balaban J connectivity index is 1.35. The fourth-order valence-electron chi connectivity index (χ4n) is 3.28. The van der Waals surface area contributed by atoms with Crippen molar-refractivity contribution in [3.8, 4) is 0 Å².